The van der Waals surface area contributed by atoms with Gasteiger partial charge in [0.15, 0.2) is 0 Å². The highest BCUT2D eigenvalue weighted by molar-refractivity contribution is 5.40. The molecule has 1 heterocycles. The van der Waals surface area contributed by atoms with Gasteiger partial charge in [-0.05, 0) is 36.6 Å². The van der Waals surface area contributed by atoms with Crippen LogP contribution in [-0.4, -0.2) is 34.0 Å². The molecular weight excluding hydrogens is 242 g/mol. The molecule has 1 aromatic rings. The molecule has 0 aliphatic carbocycles. The molecule has 1 aliphatic heterocycles. The second-order valence-corrected chi connectivity index (χ2v) is 5.59. The molecule has 1 saturated heterocycles. The molecule has 1 unspecified atom stereocenters. The Morgan fingerprint density at radius 2 is 1.79 bits per heavy atom. The van der Waals surface area contributed by atoms with Gasteiger partial charge in [-0.1, -0.05) is 6.92 Å². The van der Waals surface area contributed by atoms with Crippen molar-refractivity contribution >= 4 is 0 Å². The van der Waals surface area contributed by atoms with Crippen molar-refractivity contribution < 1.29 is 14.2 Å². The summed E-state index contributed by atoms with van der Waals surface area (Å²) in [7, 11) is 3.33. The molecule has 106 valence electrons. The molecule has 1 aromatic carbocycles. The van der Waals surface area contributed by atoms with E-state index in [9.17, 15) is 0 Å². The molecule has 4 nitrogen and oxygen atoms in total. The van der Waals surface area contributed by atoms with Crippen LogP contribution in [0.15, 0.2) is 18.2 Å². The van der Waals surface area contributed by atoms with E-state index >= 15 is 0 Å². The van der Waals surface area contributed by atoms with E-state index in [1.165, 1.54) is 5.56 Å². The van der Waals surface area contributed by atoms with Crippen LogP contribution in [0.4, 0.5) is 0 Å². The van der Waals surface area contributed by atoms with E-state index in [1.54, 1.807) is 14.2 Å². The number of benzene rings is 1. The fourth-order valence-corrected chi connectivity index (χ4v) is 2.57. The zero-order chi connectivity index (χ0) is 13.9. The lowest BCUT2D eigenvalue weighted by molar-refractivity contribution is -0.108. The topological polar surface area (TPSA) is 53.7 Å². The van der Waals surface area contributed by atoms with E-state index in [0.717, 1.165) is 31.1 Å². The van der Waals surface area contributed by atoms with Crippen molar-refractivity contribution in [3.8, 4) is 11.5 Å². The van der Waals surface area contributed by atoms with Gasteiger partial charge in [0.05, 0.1) is 27.4 Å². The molecule has 2 N–H and O–H groups in total. The maximum atomic E-state index is 5.95. The molecule has 0 amide bonds. The van der Waals surface area contributed by atoms with E-state index in [1.807, 2.05) is 18.2 Å². The summed E-state index contributed by atoms with van der Waals surface area (Å²) in [5.41, 5.74) is 7.37. The molecule has 0 aromatic heterocycles. The van der Waals surface area contributed by atoms with Gasteiger partial charge in [0.25, 0.3) is 0 Å². The molecule has 1 fully saturated rings. The van der Waals surface area contributed by atoms with Crippen molar-refractivity contribution in [2.45, 2.75) is 19.3 Å². The van der Waals surface area contributed by atoms with Gasteiger partial charge in [0.1, 0.15) is 11.5 Å². The van der Waals surface area contributed by atoms with Gasteiger partial charge in [-0.15, -0.1) is 0 Å². The molecule has 19 heavy (non-hydrogen) atoms. The van der Waals surface area contributed by atoms with E-state index in [0.29, 0.717) is 12.5 Å². The lowest BCUT2D eigenvalue weighted by atomic mass is 9.77. The van der Waals surface area contributed by atoms with Crippen molar-refractivity contribution in [2.75, 3.05) is 34.0 Å². The number of rotatable bonds is 6. The first-order valence-electron chi connectivity index (χ1n) is 6.61. The minimum atomic E-state index is 0.250. The van der Waals surface area contributed by atoms with Gasteiger partial charge in [0.2, 0.25) is 0 Å². The number of ether oxygens (including phenoxy) is 3. The summed E-state index contributed by atoms with van der Waals surface area (Å²) in [6, 6.07) is 5.97. The average Bonchev–Trinajstić information content (AvgIpc) is 2.42. The number of nitrogens with two attached hydrogens (primary N) is 1. The summed E-state index contributed by atoms with van der Waals surface area (Å²) in [6.45, 7) is 4.51. The Hall–Kier alpha value is -1.26. The van der Waals surface area contributed by atoms with Crippen LogP contribution in [0.1, 0.15) is 24.8 Å². The molecule has 0 bridgehead atoms. The van der Waals surface area contributed by atoms with E-state index in [2.05, 4.69) is 6.92 Å². The van der Waals surface area contributed by atoms with Gasteiger partial charge >= 0.3 is 0 Å². The molecule has 1 atom stereocenters. The van der Waals surface area contributed by atoms with Crippen LogP contribution in [0, 0.1) is 5.41 Å². The molecule has 1 aliphatic rings. The summed E-state index contributed by atoms with van der Waals surface area (Å²) in [5, 5.41) is 0. The molecular formula is C15H23NO3. The SMILES string of the molecule is COc1cc(OC)cc(C(CN)CC2(C)COC2)c1. The third-order valence-corrected chi connectivity index (χ3v) is 3.77. The number of methoxy groups -OCH3 is 2. The Morgan fingerprint density at radius 3 is 2.16 bits per heavy atom. The molecule has 2 rings (SSSR count). The van der Waals surface area contributed by atoms with Crippen LogP contribution >= 0.6 is 0 Å². The van der Waals surface area contributed by atoms with E-state index < -0.39 is 0 Å². The van der Waals surface area contributed by atoms with Crippen molar-refractivity contribution in [3.63, 3.8) is 0 Å². The summed E-state index contributed by atoms with van der Waals surface area (Å²) in [6.07, 6.45) is 1.03. The molecule has 0 saturated carbocycles. The highest BCUT2D eigenvalue weighted by Gasteiger charge is 2.35. The maximum absolute atomic E-state index is 5.95. The Balaban J connectivity index is 2.21. The minimum absolute atomic E-state index is 0.250. The van der Waals surface area contributed by atoms with Crippen molar-refractivity contribution in [1.29, 1.82) is 0 Å². The highest BCUT2D eigenvalue weighted by Crippen LogP contribution is 2.38. The summed E-state index contributed by atoms with van der Waals surface area (Å²) < 4.78 is 16.0. The fourth-order valence-electron chi connectivity index (χ4n) is 2.57. The average molecular weight is 265 g/mol. The molecule has 4 heteroatoms. The van der Waals surface area contributed by atoms with Gasteiger partial charge in [-0.25, -0.2) is 0 Å². The van der Waals surface area contributed by atoms with Crippen LogP contribution in [0.5, 0.6) is 11.5 Å². The first-order valence-corrected chi connectivity index (χ1v) is 6.61. The van der Waals surface area contributed by atoms with Crippen LogP contribution in [0.3, 0.4) is 0 Å². The Kier molecular flexibility index (Phi) is 4.32. The summed E-state index contributed by atoms with van der Waals surface area (Å²) in [4.78, 5) is 0. The molecule has 0 spiro atoms. The summed E-state index contributed by atoms with van der Waals surface area (Å²) in [5.74, 6) is 1.92. The molecule has 0 radical (unpaired) electrons. The zero-order valence-electron chi connectivity index (χ0n) is 11.9. The first kappa shape index (κ1) is 14.2. The Bertz CT molecular complexity index is 407. The van der Waals surface area contributed by atoms with Crippen LogP contribution in [0.2, 0.25) is 0 Å². The number of hydrogen-bond donors (Lipinski definition) is 1. The summed E-state index contributed by atoms with van der Waals surface area (Å²) >= 11 is 0. The van der Waals surface area contributed by atoms with E-state index in [-0.39, 0.29) is 5.41 Å². The smallest absolute Gasteiger partial charge is 0.122 e. The van der Waals surface area contributed by atoms with Crippen LogP contribution in [0.25, 0.3) is 0 Å². The third-order valence-electron chi connectivity index (χ3n) is 3.77. The van der Waals surface area contributed by atoms with Gasteiger partial charge in [0, 0.05) is 11.5 Å². The lowest BCUT2D eigenvalue weighted by Gasteiger charge is -2.40. The quantitative estimate of drug-likeness (QED) is 0.856. The van der Waals surface area contributed by atoms with Gasteiger partial charge < -0.3 is 19.9 Å². The maximum Gasteiger partial charge on any atom is 0.122 e. The first-order chi connectivity index (χ1) is 9.10. The van der Waals surface area contributed by atoms with Crippen LogP contribution < -0.4 is 15.2 Å². The van der Waals surface area contributed by atoms with Crippen molar-refractivity contribution in [3.05, 3.63) is 23.8 Å². The predicted octanol–water partition coefficient (Wildman–Crippen LogP) is 2.17. The van der Waals surface area contributed by atoms with Crippen molar-refractivity contribution in [2.24, 2.45) is 11.1 Å². The largest absolute Gasteiger partial charge is 0.497 e. The zero-order valence-corrected chi connectivity index (χ0v) is 11.9. The Labute approximate surface area is 114 Å². The normalized spacial score (nSPS) is 18.5. The monoisotopic (exact) mass is 265 g/mol. The Morgan fingerprint density at radius 1 is 1.21 bits per heavy atom. The minimum Gasteiger partial charge on any atom is -0.497 e. The van der Waals surface area contributed by atoms with Crippen molar-refractivity contribution in [1.82, 2.24) is 0 Å². The predicted molar refractivity (Wildman–Crippen MR) is 74.9 cm³/mol. The van der Waals surface area contributed by atoms with Gasteiger partial charge in [-0.2, -0.15) is 0 Å². The van der Waals surface area contributed by atoms with Gasteiger partial charge in [-0.3, -0.25) is 0 Å². The highest BCUT2D eigenvalue weighted by atomic mass is 16.5. The standard InChI is InChI=1S/C15H23NO3/c1-15(9-19-10-15)7-12(8-16)11-4-13(17-2)6-14(5-11)18-3/h4-6,12H,7-10,16H2,1-3H3. The lowest BCUT2D eigenvalue weighted by Crippen LogP contribution is -2.41. The second kappa shape index (κ2) is 5.80. The van der Waals surface area contributed by atoms with Crippen LogP contribution in [-0.2, 0) is 4.74 Å². The fraction of sp³-hybridized carbons (Fsp3) is 0.600. The van der Waals surface area contributed by atoms with E-state index in [4.69, 9.17) is 19.9 Å². The third kappa shape index (κ3) is 3.19. The number of hydrogen-bond acceptors (Lipinski definition) is 4. The second-order valence-electron chi connectivity index (χ2n) is 5.59.